The van der Waals surface area contributed by atoms with Gasteiger partial charge in [-0.15, -0.1) is 0 Å². The molecule has 0 radical (unpaired) electrons. The summed E-state index contributed by atoms with van der Waals surface area (Å²) in [5, 5.41) is 0. The summed E-state index contributed by atoms with van der Waals surface area (Å²) in [6, 6.07) is 4.93. The van der Waals surface area contributed by atoms with Crippen molar-refractivity contribution < 1.29 is 0 Å². The van der Waals surface area contributed by atoms with Crippen molar-refractivity contribution in [3.8, 4) is 0 Å². The molecule has 0 aliphatic carbocycles. The van der Waals surface area contributed by atoms with Crippen molar-refractivity contribution in [2.75, 3.05) is 31.1 Å². The maximum Gasteiger partial charge on any atom is 0.133 e. The van der Waals surface area contributed by atoms with Gasteiger partial charge in [0.1, 0.15) is 5.82 Å². The number of hydrogen-bond acceptors (Lipinski definition) is 4. The lowest BCUT2D eigenvalue weighted by atomic mass is 9.99. The SMILES string of the molecule is C[C@@H](N)c1cccnc1N1CCC(N2CCCCC2)CC1. The molecule has 0 unspecified atom stereocenters. The minimum absolute atomic E-state index is 0.0496. The Morgan fingerprint density at radius 3 is 2.52 bits per heavy atom. The highest BCUT2D eigenvalue weighted by molar-refractivity contribution is 5.48. The third-order valence-corrected chi connectivity index (χ3v) is 4.98. The number of nitrogens with zero attached hydrogens (tertiary/aromatic N) is 3. The molecule has 0 amide bonds. The molecule has 2 N–H and O–H groups in total. The van der Waals surface area contributed by atoms with Crippen molar-refractivity contribution >= 4 is 5.82 Å². The van der Waals surface area contributed by atoms with Crippen LogP contribution in [-0.4, -0.2) is 42.1 Å². The predicted molar refractivity (Wildman–Crippen MR) is 87.5 cm³/mol. The van der Waals surface area contributed by atoms with Crippen LogP contribution in [0.15, 0.2) is 18.3 Å². The molecule has 4 heteroatoms. The third kappa shape index (κ3) is 3.38. The van der Waals surface area contributed by atoms with Gasteiger partial charge in [0.2, 0.25) is 0 Å². The number of aromatic nitrogens is 1. The molecule has 2 aliphatic rings. The Kier molecular flexibility index (Phi) is 4.76. The molecule has 0 saturated carbocycles. The Morgan fingerprint density at radius 2 is 1.86 bits per heavy atom. The molecule has 4 nitrogen and oxygen atoms in total. The average molecular weight is 288 g/mol. The van der Waals surface area contributed by atoms with Crippen LogP contribution >= 0.6 is 0 Å². The van der Waals surface area contributed by atoms with Crippen LogP contribution < -0.4 is 10.6 Å². The largest absolute Gasteiger partial charge is 0.356 e. The van der Waals surface area contributed by atoms with Crippen LogP contribution in [0, 0.1) is 0 Å². The first kappa shape index (κ1) is 14.8. The van der Waals surface area contributed by atoms with E-state index >= 15 is 0 Å². The molecular weight excluding hydrogens is 260 g/mol. The minimum Gasteiger partial charge on any atom is -0.356 e. The van der Waals surface area contributed by atoms with E-state index in [-0.39, 0.29) is 6.04 Å². The molecule has 2 aliphatic heterocycles. The number of rotatable bonds is 3. The van der Waals surface area contributed by atoms with Gasteiger partial charge < -0.3 is 15.5 Å². The highest BCUT2D eigenvalue weighted by atomic mass is 15.2. The van der Waals surface area contributed by atoms with E-state index in [2.05, 4.69) is 20.9 Å². The number of hydrogen-bond donors (Lipinski definition) is 1. The lowest BCUT2D eigenvalue weighted by Gasteiger charge is -2.41. The summed E-state index contributed by atoms with van der Waals surface area (Å²) in [6.07, 6.45) is 8.59. The summed E-state index contributed by atoms with van der Waals surface area (Å²) >= 11 is 0. The van der Waals surface area contributed by atoms with Crippen molar-refractivity contribution in [2.24, 2.45) is 5.73 Å². The number of pyridine rings is 1. The van der Waals surface area contributed by atoms with Crippen LogP contribution in [0.5, 0.6) is 0 Å². The quantitative estimate of drug-likeness (QED) is 0.928. The van der Waals surface area contributed by atoms with E-state index in [4.69, 9.17) is 5.73 Å². The zero-order valence-electron chi connectivity index (χ0n) is 13.2. The number of piperidine rings is 2. The Morgan fingerprint density at radius 1 is 1.14 bits per heavy atom. The first-order valence-corrected chi connectivity index (χ1v) is 8.45. The maximum absolute atomic E-state index is 6.09. The molecule has 21 heavy (non-hydrogen) atoms. The van der Waals surface area contributed by atoms with Crippen molar-refractivity contribution in [1.82, 2.24) is 9.88 Å². The molecule has 2 fully saturated rings. The van der Waals surface area contributed by atoms with Crippen LogP contribution in [0.2, 0.25) is 0 Å². The smallest absolute Gasteiger partial charge is 0.133 e. The molecular formula is C17H28N4. The van der Waals surface area contributed by atoms with Gasteiger partial charge in [-0.3, -0.25) is 0 Å². The minimum atomic E-state index is 0.0496. The van der Waals surface area contributed by atoms with Crippen LogP contribution in [0.3, 0.4) is 0 Å². The summed E-state index contributed by atoms with van der Waals surface area (Å²) in [6.45, 7) is 6.87. The van der Waals surface area contributed by atoms with E-state index in [9.17, 15) is 0 Å². The van der Waals surface area contributed by atoms with Gasteiger partial charge in [0.15, 0.2) is 0 Å². The first-order chi connectivity index (χ1) is 10.3. The Bertz CT molecular complexity index is 446. The second-order valence-corrected chi connectivity index (χ2v) is 6.52. The lowest BCUT2D eigenvalue weighted by Crippen LogP contribution is -2.47. The number of anilines is 1. The maximum atomic E-state index is 6.09. The fourth-order valence-corrected chi connectivity index (χ4v) is 3.76. The molecule has 3 heterocycles. The van der Waals surface area contributed by atoms with Crippen LogP contribution in [0.25, 0.3) is 0 Å². The lowest BCUT2D eigenvalue weighted by molar-refractivity contribution is 0.141. The van der Waals surface area contributed by atoms with Gasteiger partial charge in [0.25, 0.3) is 0 Å². The molecule has 2 saturated heterocycles. The molecule has 1 aromatic heterocycles. The van der Waals surface area contributed by atoms with Crippen molar-refractivity contribution in [3.63, 3.8) is 0 Å². The standard InChI is InChI=1S/C17H28N4/c1-14(18)16-6-5-9-19-17(16)21-12-7-15(8-13-21)20-10-3-2-4-11-20/h5-6,9,14-15H,2-4,7-8,10-13,18H2,1H3/t14-/m1/s1. The third-order valence-electron chi connectivity index (χ3n) is 4.98. The van der Waals surface area contributed by atoms with Crippen molar-refractivity contribution in [1.29, 1.82) is 0 Å². The zero-order valence-corrected chi connectivity index (χ0v) is 13.2. The van der Waals surface area contributed by atoms with Crippen molar-refractivity contribution in [3.05, 3.63) is 23.9 Å². The van der Waals surface area contributed by atoms with E-state index in [0.717, 1.165) is 24.9 Å². The summed E-state index contributed by atoms with van der Waals surface area (Å²) in [4.78, 5) is 9.74. The van der Waals surface area contributed by atoms with E-state index in [0.29, 0.717) is 0 Å². The molecule has 1 atom stereocenters. The molecule has 0 bridgehead atoms. The fourth-order valence-electron chi connectivity index (χ4n) is 3.76. The molecule has 3 rings (SSSR count). The Labute approximate surface area is 128 Å². The number of likely N-dealkylation sites (tertiary alicyclic amines) is 1. The second-order valence-electron chi connectivity index (χ2n) is 6.52. The van der Waals surface area contributed by atoms with E-state index < -0.39 is 0 Å². The Hall–Kier alpha value is -1.13. The highest BCUT2D eigenvalue weighted by Gasteiger charge is 2.27. The summed E-state index contributed by atoms with van der Waals surface area (Å²) in [5.74, 6) is 1.10. The van der Waals surface area contributed by atoms with Gasteiger partial charge in [-0.2, -0.15) is 0 Å². The monoisotopic (exact) mass is 288 g/mol. The normalized spacial score (nSPS) is 23.2. The van der Waals surface area contributed by atoms with Crippen LogP contribution in [0.1, 0.15) is 50.6 Å². The molecule has 1 aromatic rings. The second kappa shape index (κ2) is 6.75. The first-order valence-electron chi connectivity index (χ1n) is 8.45. The van der Waals surface area contributed by atoms with Gasteiger partial charge in [-0.05, 0) is 51.8 Å². The van der Waals surface area contributed by atoms with Gasteiger partial charge in [-0.25, -0.2) is 4.98 Å². The molecule has 0 aromatic carbocycles. The van der Waals surface area contributed by atoms with Crippen LogP contribution in [-0.2, 0) is 0 Å². The molecule has 116 valence electrons. The molecule has 0 spiro atoms. The predicted octanol–water partition coefficient (Wildman–Crippen LogP) is 2.56. The average Bonchev–Trinajstić information content (AvgIpc) is 2.56. The fraction of sp³-hybridized carbons (Fsp3) is 0.706. The van der Waals surface area contributed by atoms with E-state index in [1.807, 2.05) is 19.2 Å². The van der Waals surface area contributed by atoms with Gasteiger partial charge in [-0.1, -0.05) is 12.5 Å². The van der Waals surface area contributed by atoms with Crippen LogP contribution in [0.4, 0.5) is 5.82 Å². The summed E-state index contributed by atoms with van der Waals surface area (Å²) in [5.41, 5.74) is 7.27. The zero-order chi connectivity index (χ0) is 14.7. The van der Waals surface area contributed by atoms with E-state index in [1.54, 1.807) is 0 Å². The van der Waals surface area contributed by atoms with Gasteiger partial charge in [0.05, 0.1) is 0 Å². The van der Waals surface area contributed by atoms with E-state index in [1.165, 1.54) is 50.8 Å². The topological polar surface area (TPSA) is 45.4 Å². The summed E-state index contributed by atoms with van der Waals surface area (Å²) in [7, 11) is 0. The Balaban J connectivity index is 1.63. The van der Waals surface area contributed by atoms with Gasteiger partial charge in [0, 0.05) is 36.9 Å². The highest BCUT2D eigenvalue weighted by Crippen LogP contribution is 2.27. The van der Waals surface area contributed by atoms with Crippen molar-refractivity contribution in [2.45, 2.75) is 51.1 Å². The summed E-state index contributed by atoms with van der Waals surface area (Å²) < 4.78 is 0. The number of nitrogens with two attached hydrogens (primary N) is 1. The van der Waals surface area contributed by atoms with Gasteiger partial charge >= 0.3 is 0 Å².